The Morgan fingerprint density at radius 1 is 1.24 bits per heavy atom. The third-order valence-electron chi connectivity index (χ3n) is 5.08. The molecule has 0 aromatic heterocycles. The van der Waals surface area contributed by atoms with Crippen LogP contribution in [0.15, 0.2) is 0 Å². The van der Waals surface area contributed by atoms with Crippen molar-refractivity contribution in [1.29, 1.82) is 0 Å². The van der Waals surface area contributed by atoms with Crippen LogP contribution in [0, 0.1) is 23.7 Å². The van der Waals surface area contributed by atoms with Crippen molar-refractivity contribution in [2.24, 2.45) is 23.7 Å². The summed E-state index contributed by atoms with van der Waals surface area (Å²) >= 11 is 0. The Balaban J connectivity index is 2.01. The third-order valence-corrected chi connectivity index (χ3v) is 5.08. The number of carbonyl (C=O) groups is 1. The van der Waals surface area contributed by atoms with E-state index in [0.29, 0.717) is 12.5 Å². The van der Waals surface area contributed by atoms with Crippen molar-refractivity contribution in [3.05, 3.63) is 0 Å². The highest BCUT2D eigenvalue weighted by Gasteiger charge is 2.63. The first kappa shape index (κ1) is 11.5. The highest BCUT2D eigenvalue weighted by molar-refractivity contribution is 5.74. The fourth-order valence-corrected chi connectivity index (χ4v) is 4.06. The molecule has 17 heavy (non-hydrogen) atoms. The van der Waals surface area contributed by atoms with E-state index >= 15 is 0 Å². The first-order valence-corrected chi connectivity index (χ1v) is 6.59. The van der Waals surface area contributed by atoms with Crippen molar-refractivity contribution in [2.75, 3.05) is 6.61 Å². The number of aliphatic hydroxyl groups is 1. The number of esters is 1. The fourth-order valence-electron chi connectivity index (χ4n) is 4.06. The number of ether oxygens (including phenoxy) is 2. The lowest BCUT2D eigenvalue weighted by Gasteiger charge is -2.57. The molecule has 1 aliphatic carbocycles. The maximum absolute atomic E-state index is 11.8. The molecule has 0 aromatic carbocycles. The summed E-state index contributed by atoms with van der Waals surface area (Å²) in [4.78, 5) is 11.8. The van der Waals surface area contributed by atoms with Crippen LogP contribution in [0.5, 0.6) is 0 Å². The molecule has 1 N–H and O–H groups in total. The van der Waals surface area contributed by atoms with Gasteiger partial charge in [-0.05, 0) is 31.1 Å². The van der Waals surface area contributed by atoms with Crippen molar-refractivity contribution >= 4 is 5.97 Å². The zero-order valence-electron chi connectivity index (χ0n) is 10.4. The fraction of sp³-hybridized carbons (Fsp3) is 0.923. The number of rotatable bonds is 0. The summed E-state index contributed by atoms with van der Waals surface area (Å²) in [7, 11) is 0. The quantitative estimate of drug-likeness (QED) is 0.649. The van der Waals surface area contributed by atoms with Gasteiger partial charge in [0.1, 0.15) is 5.60 Å². The van der Waals surface area contributed by atoms with E-state index < -0.39 is 11.9 Å². The second kappa shape index (κ2) is 3.69. The minimum atomic E-state index is -0.955. The van der Waals surface area contributed by atoms with Gasteiger partial charge in [-0.3, -0.25) is 4.79 Å². The first-order chi connectivity index (χ1) is 8.05. The van der Waals surface area contributed by atoms with E-state index in [4.69, 9.17) is 9.47 Å². The predicted octanol–water partition coefficient (Wildman–Crippen LogP) is 1.32. The number of hydrogen-bond acceptors (Lipinski definition) is 4. The molecule has 2 heterocycles. The lowest BCUT2D eigenvalue weighted by atomic mass is 9.58. The summed E-state index contributed by atoms with van der Waals surface area (Å²) in [5.41, 5.74) is -0.955. The van der Waals surface area contributed by atoms with Crippen molar-refractivity contribution < 1.29 is 19.4 Å². The molecule has 4 nitrogen and oxygen atoms in total. The second-order valence-corrected chi connectivity index (χ2v) is 5.87. The van der Waals surface area contributed by atoms with Crippen molar-refractivity contribution in [3.63, 3.8) is 0 Å². The molecule has 0 bridgehead atoms. The normalized spacial score (nSPS) is 53.8. The number of carbonyl (C=O) groups excluding carboxylic acids is 1. The molecule has 4 heteroatoms. The minimum absolute atomic E-state index is 0.00440. The first-order valence-electron chi connectivity index (χ1n) is 6.59. The van der Waals surface area contributed by atoms with Gasteiger partial charge in [0.05, 0.1) is 12.5 Å². The van der Waals surface area contributed by atoms with Gasteiger partial charge in [0, 0.05) is 5.92 Å². The predicted molar refractivity (Wildman–Crippen MR) is 59.9 cm³/mol. The molecule has 3 aliphatic rings. The molecule has 3 fully saturated rings. The van der Waals surface area contributed by atoms with Crippen LogP contribution in [0.3, 0.4) is 0 Å². The summed E-state index contributed by atoms with van der Waals surface area (Å²) in [6.45, 7) is 4.63. The van der Waals surface area contributed by atoms with Crippen molar-refractivity contribution in [2.45, 2.75) is 45.0 Å². The summed E-state index contributed by atoms with van der Waals surface area (Å²) in [6.07, 6.45) is 2.11. The Kier molecular flexibility index (Phi) is 2.49. The van der Waals surface area contributed by atoms with E-state index in [1.165, 1.54) is 0 Å². The van der Waals surface area contributed by atoms with E-state index in [1.54, 1.807) is 0 Å². The molecule has 0 amide bonds. The molecular weight excluding hydrogens is 220 g/mol. The Labute approximate surface area is 101 Å². The Morgan fingerprint density at radius 2 is 2.00 bits per heavy atom. The largest absolute Gasteiger partial charge is 0.432 e. The van der Waals surface area contributed by atoms with Crippen molar-refractivity contribution in [1.82, 2.24) is 0 Å². The average Bonchev–Trinajstić information content (AvgIpc) is 2.29. The van der Waals surface area contributed by atoms with Gasteiger partial charge in [-0.1, -0.05) is 13.8 Å². The Hall–Kier alpha value is -0.610. The van der Waals surface area contributed by atoms with Gasteiger partial charge in [-0.25, -0.2) is 0 Å². The van der Waals surface area contributed by atoms with Gasteiger partial charge < -0.3 is 14.6 Å². The van der Waals surface area contributed by atoms with Crippen LogP contribution in [-0.2, 0) is 14.3 Å². The molecule has 2 saturated heterocycles. The SMILES string of the molecule is C[C@@H]1CC[C@H]2[C@@H](C)C(=O)O[C@@H]3OCC[C@@H]1[C@]32O. The van der Waals surface area contributed by atoms with Gasteiger partial charge >= 0.3 is 5.97 Å². The van der Waals surface area contributed by atoms with E-state index in [9.17, 15) is 9.90 Å². The monoisotopic (exact) mass is 240 g/mol. The van der Waals surface area contributed by atoms with Gasteiger partial charge in [-0.2, -0.15) is 0 Å². The maximum Gasteiger partial charge on any atom is 0.311 e. The molecule has 2 aliphatic heterocycles. The van der Waals surface area contributed by atoms with E-state index in [2.05, 4.69) is 6.92 Å². The highest BCUT2D eigenvalue weighted by atomic mass is 16.7. The molecule has 0 aromatic rings. The topological polar surface area (TPSA) is 55.8 Å². The zero-order valence-corrected chi connectivity index (χ0v) is 10.4. The second-order valence-electron chi connectivity index (χ2n) is 5.87. The van der Waals surface area contributed by atoms with Gasteiger partial charge in [0.2, 0.25) is 6.29 Å². The molecule has 0 unspecified atom stereocenters. The summed E-state index contributed by atoms with van der Waals surface area (Å²) < 4.78 is 10.8. The van der Waals surface area contributed by atoms with Crippen LogP contribution < -0.4 is 0 Å². The summed E-state index contributed by atoms with van der Waals surface area (Å²) in [6, 6.07) is 0. The molecule has 1 saturated carbocycles. The maximum atomic E-state index is 11.8. The van der Waals surface area contributed by atoms with E-state index in [1.807, 2.05) is 6.92 Å². The molecule has 0 radical (unpaired) electrons. The lowest BCUT2D eigenvalue weighted by Crippen LogP contribution is -2.68. The van der Waals surface area contributed by atoms with E-state index in [-0.39, 0.29) is 23.7 Å². The zero-order chi connectivity index (χ0) is 12.2. The molecule has 3 rings (SSSR count). The standard InChI is InChI=1S/C13H20O4/c1-7-3-4-10-8(2)11(14)17-12-13(10,15)9(7)5-6-16-12/h7-10,12,15H,3-6H2,1-2H3/t7-,8-,9+,10+,12+,13-/m1/s1. The Morgan fingerprint density at radius 3 is 2.76 bits per heavy atom. The summed E-state index contributed by atoms with van der Waals surface area (Å²) in [5, 5.41) is 11.0. The Bertz CT molecular complexity index is 342. The molecule has 96 valence electrons. The molecule has 0 spiro atoms. The van der Waals surface area contributed by atoms with Crippen LogP contribution >= 0.6 is 0 Å². The van der Waals surface area contributed by atoms with Crippen LogP contribution in [0.4, 0.5) is 0 Å². The van der Waals surface area contributed by atoms with E-state index in [0.717, 1.165) is 19.3 Å². The average molecular weight is 240 g/mol. The summed E-state index contributed by atoms with van der Waals surface area (Å²) in [5.74, 6) is 0.241. The number of hydrogen-bond donors (Lipinski definition) is 1. The highest BCUT2D eigenvalue weighted by Crippen LogP contribution is 2.53. The van der Waals surface area contributed by atoms with Crippen LogP contribution in [0.1, 0.15) is 33.1 Å². The van der Waals surface area contributed by atoms with Crippen LogP contribution in [0.25, 0.3) is 0 Å². The third kappa shape index (κ3) is 1.40. The van der Waals surface area contributed by atoms with Gasteiger partial charge in [-0.15, -0.1) is 0 Å². The van der Waals surface area contributed by atoms with Crippen LogP contribution in [0.2, 0.25) is 0 Å². The minimum Gasteiger partial charge on any atom is -0.432 e. The molecule has 6 atom stereocenters. The van der Waals surface area contributed by atoms with Crippen LogP contribution in [-0.4, -0.2) is 29.6 Å². The smallest absolute Gasteiger partial charge is 0.311 e. The van der Waals surface area contributed by atoms with Gasteiger partial charge in [0.25, 0.3) is 0 Å². The lowest BCUT2D eigenvalue weighted by molar-refractivity contribution is -0.327. The van der Waals surface area contributed by atoms with Crippen molar-refractivity contribution in [3.8, 4) is 0 Å². The molecular formula is C13H20O4. The van der Waals surface area contributed by atoms with Gasteiger partial charge in [0.15, 0.2) is 0 Å².